The Balaban J connectivity index is 3.97. The molecule has 0 spiro atoms. The second-order valence-electron chi connectivity index (χ2n) is 17.1. The predicted molar refractivity (Wildman–Crippen MR) is 267 cm³/mol. The minimum atomic E-state index is -4.33. The van der Waals surface area contributed by atoms with Crippen LogP contribution in [-0.4, -0.2) is 73.4 Å². The lowest BCUT2D eigenvalue weighted by molar-refractivity contribution is -0.870. The van der Waals surface area contributed by atoms with E-state index in [1.165, 1.54) is 44.9 Å². The second-order valence-corrected chi connectivity index (χ2v) is 18.6. The van der Waals surface area contributed by atoms with Gasteiger partial charge in [-0.15, -0.1) is 0 Å². The molecule has 0 radical (unpaired) electrons. The summed E-state index contributed by atoms with van der Waals surface area (Å²) in [6.45, 7) is 4.55. The average molecular weight is 884 g/mol. The van der Waals surface area contributed by atoms with Crippen LogP contribution in [0.25, 0.3) is 0 Å². The smallest absolute Gasteiger partial charge is 0.387 e. The minimum Gasteiger partial charge on any atom is -0.387 e. The fraction of sp³-hybridized carbons (Fsp3) is 0.642. The van der Waals surface area contributed by atoms with Gasteiger partial charge in [-0.25, -0.2) is 4.57 Å². The van der Waals surface area contributed by atoms with Gasteiger partial charge >= 0.3 is 7.82 Å². The van der Waals surface area contributed by atoms with E-state index in [1.54, 1.807) is 6.08 Å². The molecule has 0 aromatic rings. The standard InChI is InChI=1S/C53H91N2O6P/c1-6-8-10-12-13-14-15-16-17-18-19-20-21-22-23-24-25-26-27-28-29-30-31-32-33-34-35-36-37-38-39-40-41-43-45-47-53(57)54-51(52(56)46-44-42-11-9-7-2)50-61-62(58,59)60-49-48-55(3,4)5/h8,10,13-14,16-17,19-20,22-23,25-26,28-29,31-32,44,46,51-52,56H,6-7,9,11-12,15,18,21,24,27,30,33-43,45,47-50H2,1-5H3,(H-,54,57,58,59)/p+1/b10-8-,14-13-,17-16-,20-19-,23-22-,26-25-,29-28-,32-31-,46-44+. The molecule has 8 nitrogen and oxygen atoms in total. The zero-order valence-electron chi connectivity index (χ0n) is 40.1. The maximum Gasteiger partial charge on any atom is 0.472 e. The van der Waals surface area contributed by atoms with Gasteiger partial charge in [0.25, 0.3) is 0 Å². The number of carbonyl (C=O) groups excluding carboxylic acids is 1. The maximum atomic E-state index is 12.8. The highest BCUT2D eigenvalue weighted by atomic mass is 31.2. The first-order chi connectivity index (χ1) is 30.0. The number of unbranched alkanes of at least 4 members (excludes halogenated alkanes) is 13. The van der Waals surface area contributed by atoms with Gasteiger partial charge in [0.2, 0.25) is 5.91 Å². The highest BCUT2D eigenvalue weighted by molar-refractivity contribution is 7.47. The number of likely N-dealkylation sites (N-methyl/N-ethyl adjacent to an activating group) is 1. The van der Waals surface area contributed by atoms with Crippen molar-refractivity contribution in [2.24, 2.45) is 0 Å². The third-order valence-electron chi connectivity index (χ3n) is 10.00. The monoisotopic (exact) mass is 884 g/mol. The molecule has 0 saturated carbocycles. The van der Waals surface area contributed by atoms with Gasteiger partial charge in [0, 0.05) is 6.42 Å². The molecule has 0 bridgehead atoms. The van der Waals surface area contributed by atoms with Gasteiger partial charge in [-0.3, -0.25) is 13.8 Å². The lowest BCUT2D eigenvalue weighted by Gasteiger charge is -2.25. The summed E-state index contributed by atoms with van der Waals surface area (Å²) < 4.78 is 23.4. The number of rotatable bonds is 42. The van der Waals surface area contributed by atoms with E-state index >= 15 is 0 Å². The SMILES string of the molecule is CC/C=C\C/C=C\C/C=C\C/C=C\C/C=C\C/C=C\C/C=C\C/C=C\CCCCCCCCCCCCC(=O)NC(COP(=O)(O)OCC[N+](C)(C)C)C(O)/C=C/CCCCC. The molecule has 3 atom stereocenters. The summed E-state index contributed by atoms with van der Waals surface area (Å²) in [4.78, 5) is 22.9. The molecule has 1 amide bonds. The molecule has 0 aliphatic carbocycles. The first-order valence-corrected chi connectivity index (χ1v) is 25.8. The van der Waals surface area contributed by atoms with Crippen LogP contribution in [0.15, 0.2) is 109 Å². The summed E-state index contributed by atoms with van der Waals surface area (Å²) in [5.74, 6) is -0.195. The zero-order valence-corrected chi connectivity index (χ0v) is 41.0. The van der Waals surface area contributed by atoms with E-state index < -0.39 is 20.0 Å². The van der Waals surface area contributed by atoms with E-state index in [9.17, 15) is 19.4 Å². The van der Waals surface area contributed by atoms with E-state index in [4.69, 9.17) is 9.05 Å². The topological polar surface area (TPSA) is 105 Å². The fourth-order valence-corrected chi connectivity index (χ4v) is 6.91. The maximum absolute atomic E-state index is 12.8. The van der Waals surface area contributed by atoms with Crippen molar-refractivity contribution >= 4 is 13.7 Å². The molecule has 3 N–H and O–H groups in total. The Kier molecular flexibility index (Phi) is 41.4. The van der Waals surface area contributed by atoms with Crippen molar-refractivity contribution < 1.29 is 32.9 Å². The Labute approximate surface area is 381 Å². The summed E-state index contributed by atoms with van der Waals surface area (Å²) >= 11 is 0. The minimum absolute atomic E-state index is 0.0544. The largest absolute Gasteiger partial charge is 0.472 e. The van der Waals surface area contributed by atoms with Crippen LogP contribution in [0.2, 0.25) is 0 Å². The van der Waals surface area contributed by atoms with Crippen LogP contribution in [0.5, 0.6) is 0 Å². The number of aliphatic hydroxyl groups is 1. The number of nitrogens with one attached hydrogen (secondary N) is 1. The molecule has 0 heterocycles. The van der Waals surface area contributed by atoms with Gasteiger partial charge in [0.15, 0.2) is 0 Å². The number of allylic oxidation sites excluding steroid dienone is 17. The van der Waals surface area contributed by atoms with Crippen molar-refractivity contribution in [2.45, 2.75) is 180 Å². The van der Waals surface area contributed by atoms with Crippen LogP contribution in [-0.2, 0) is 18.4 Å². The number of hydrogen-bond acceptors (Lipinski definition) is 5. The van der Waals surface area contributed by atoms with Gasteiger partial charge in [-0.05, 0) is 83.5 Å². The van der Waals surface area contributed by atoms with E-state index in [0.717, 1.165) is 103 Å². The van der Waals surface area contributed by atoms with Crippen molar-refractivity contribution in [2.75, 3.05) is 40.9 Å². The van der Waals surface area contributed by atoms with E-state index in [-0.39, 0.29) is 19.1 Å². The lowest BCUT2D eigenvalue weighted by Crippen LogP contribution is -2.45. The molecule has 0 rings (SSSR count). The van der Waals surface area contributed by atoms with Crippen LogP contribution in [0, 0.1) is 0 Å². The number of nitrogens with zero attached hydrogens (tertiary/aromatic N) is 1. The highest BCUT2D eigenvalue weighted by Crippen LogP contribution is 2.43. The summed E-state index contributed by atoms with van der Waals surface area (Å²) in [6.07, 6.45) is 63.7. The molecule has 0 aromatic heterocycles. The van der Waals surface area contributed by atoms with Crippen molar-refractivity contribution in [3.63, 3.8) is 0 Å². The Morgan fingerprint density at radius 3 is 1.42 bits per heavy atom. The van der Waals surface area contributed by atoms with Gasteiger partial charge in [0.1, 0.15) is 13.2 Å². The van der Waals surface area contributed by atoms with Crippen LogP contribution < -0.4 is 5.32 Å². The average Bonchev–Trinajstić information content (AvgIpc) is 3.23. The molecule has 0 aliphatic heterocycles. The highest BCUT2D eigenvalue weighted by Gasteiger charge is 2.27. The fourth-order valence-electron chi connectivity index (χ4n) is 6.17. The quantitative estimate of drug-likeness (QED) is 0.0244. The predicted octanol–water partition coefficient (Wildman–Crippen LogP) is 14.1. The third kappa shape index (κ3) is 45.2. The Morgan fingerprint density at radius 2 is 0.968 bits per heavy atom. The Bertz CT molecular complexity index is 1370. The molecule has 3 unspecified atom stereocenters. The number of quaternary nitrogens is 1. The van der Waals surface area contributed by atoms with Gasteiger partial charge in [-0.2, -0.15) is 0 Å². The molecular weight excluding hydrogens is 792 g/mol. The van der Waals surface area contributed by atoms with E-state index in [0.29, 0.717) is 17.4 Å². The Morgan fingerprint density at radius 1 is 0.565 bits per heavy atom. The molecule has 0 fully saturated rings. The normalized spacial score (nSPS) is 15.1. The third-order valence-corrected chi connectivity index (χ3v) is 11.0. The summed E-state index contributed by atoms with van der Waals surface area (Å²) in [5.41, 5.74) is 0. The number of aliphatic hydroxyl groups excluding tert-OH is 1. The number of hydrogen-bond donors (Lipinski definition) is 3. The molecule has 0 aliphatic rings. The summed E-state index contributed by atoms with van der Waals surface area (Å²) in [6, 6.07) is -0.851. The van der Waals surface area contributed by atoms with Gasteiger partial charge in [-0.1, -0.05) is 187 Å². The van der Waals surface area contributed by atoms with Gasteiger partial charge < -0.3 is 19.8 Å². The van der Waals surface area contributed by atoms with Crippen molar-refractivity contribution in [1.82, 2.24) is 5.32 Å². The van der Waals surface area contributed by atoms with Crippen molar-refractivity contribution in [1.29, 1.82) is 0 Å². The Hall–Kier alpha value is -2.84. The van der Waals surface area contributed by atoms with Crippen LogP contribution in [0.4, 0.5) is 0 Å². The van der Waals surface area contributed by atoms with Crippen molar-refractivity contribution in [3.8, 4) is 0 Å². The first kappa shape index (κ1) is 59.2. The molecule has 0 saturated heterocycles. The summed E-state index contributed by atoms with van der Waals surface area (Å²) in [7, 11) is 1.55. The number of phosphoric acid groups is 1. The first-order valence-electron chi connectivity index (χ1n) is 24.3. The molecule has 62 heavy (non-hydrogen) atoms. The van der Waals surface area contributed by atoms with E-state index in [1.807, 2.05) is 27.2 Å². The van der Waals surface area contributed by atoms with Crippen molar-refractivity contribution in [3.05, 3.63) is 109 Å². The number of phosphoric ester groups is 1. The van der Waals surface area contributed by atoms with Crippen LogP contribution in [0.1, 0.15) is 168 Å². The van der Waals surface area contributed by atoms with E-state index in [2.05, 4.69) is 116 Å². The molecule has 354 valence electrons. The summed E-state index contributed by atoms with van der Waals surface area (Å²) in [5, 5.41) is 13.6. The van der Waals surface area contributed by atoms with Gasteiger partial charge in [0.05, 0.1) is 39.9 Å². The number of amides is 1. The number of carbonyl (C=O) groups is 1. The molecule has 0 aromatic carbocycles. The second kappa shape index (κ2) is 43.4. The van der Waals surface area contributed by atoms with Crippen LogP contribution in [0.3, 0.4) is 0 Å². The molecular formula is C53H92N2O6P+. The zero-order chi connectivity index (χ0) is 45.7. The lowest BCUT2D eigenvalue weighted by atomic mass is 10.0. The molecule has 9 heteroatoms. The van der Waals surface area contributed by atoms with Crippen LogP contribution >= 0.6 is 7.82 Å².